The smallest absolute Gasteiger partial charge is 0.264 e. The molecular formula is C30H36FN3O4S. The molecule has 3 aromatic carbocycles. The maximum atomic E-state index is 13.9. The second-order valence-electron chi connectivity index (χ2n) is 9.87. The first-order valence-electron chi connectivity index (χ1n) is 13.0. The van der Waals surface area contributed by atoms with E-state index in [0.29, 0.717) is 13.0 Å². The van der Waals surface area contributed by atoms with Gasteiger partial charge in [0.15, 0.2) is 0 Å². The third-order valence-electron chi connectivity index (χ3n) is 6.27. The fraction of sp³-hybridized carbons (Fsp3) is 0.333. The van der Waals surface area contributed by atoms with Crippen LogP contribution in [0.25, 0.3) is 0 Å². The van der Waals surface area contributed by atoms with E-state index in [2.05, 4.69) is 5.32 Å². The standard InChI is InChI=1S/C30H36FN3O4S/c1-5-28(30(36)32-19-22(2)3)33(20-24-9-7-6-8-10-24)29(35)21-34(26-15-13-25(31)14-16-26)39(37,38)27-17-11-23(4)12-18-27/h6-18,22,28H,5,19-21H2,1-4H3,(H,32,36)/t28-/m1/s1. The number of hydrogen-bond donors (Lipinski definition) is 1. The van der Waals surface area contributed by atoms with Gasteiger partial charge in [-0.25, -0.2) is 12.8 Å². The van der Waals surface area contributed by atoms with Crippen molar-refractivity contribution >= 4 is 27.5 Å². The maximum Gasteiger partial charge on any atom is 0.264 e. The maximum absolute atomic E-state index is 13.9. The summed E-state index contributed by atoms with van der Waals surface area (Å²) >= 11 is 0. The van der Waals surface area contributed by atoms with E-state index >= 15 is 0 Å². The number of carbonyl (C=O) groups excluding carboxylic acids is 2. The van der Waals surface area contributed by atoms with E-state index in [4.69, 9.17) is 0 Å². The third-order valence-corrected chi connectivity index (χ3v) is 8.06. The number of hydrogen-bond acceptors (Lipinski definition) is 4. The van der Waals surface area contributed by atoms with Crippen molar-refractivity contribution in [3.05, 3.63) is 95.8 Å². The van der Waals surface area contributed by atoms with E-state index in [1.807, 2.05) is 58.0 Å². The molecule has 2 amide bonds. The van der Waals surface area contributed by atoms with E-state index in [1.54, 1.807) is 12.1 Å². The Morgan fingerprint density at radius 1 is 0.923 bits per heavy atom. The molecule has 0 spiro atoms. The Balaban J connectivity index is 2.02. The van der Waals surface area contributed by atoms with Crippen LogP contribution in [-0.4, -0.2) is 44.3 Å². The Kier molecular flexibility index (Phi) is 10.2. The first-order chi connectivity index (χ1) is 18.5. The minimum Gasteiger partial charge on any atom is -0.354 e. The first-order valence-corrected chi connectivity index (χ1v) is 14.4. The van der Waals surface area contributed by atoms with Gasteiger partial charge < -0.3 is 10.2 Å². The second-order valence-corrected chi connectivity index (χ2v) is 11.7. The van der Waals surface area contributed by atoms with Crippen molar-refractivity contribution in [1.29, 1.82) is 0 Å². The average molecular weight is 554 g/mol. The highest BCUT2D eigenvalue weighted by molar-refractivity contribution is 7.92. The van der Waals surface area contributed by atoms with Crippen LogP contribution in [0.5, 0.6) is 0 Å². The Morgan fingerprint density at radius 2 is 1.54 bits per heavy atom. The molecule has 0 bridgehead atoms. The van der Waals surface area contributed by atoms with Gasteiger partial charge >= 0.3 is 0 Å². The van der Waals surface area contributed by atoms with E-state index < -0.39 is 34.3 Å². The molecule has 0 radical (unpaired) electrons. The molecule has 0 saturated heterocycles. The molecule has 3 aromatic rings. The highest BCUT2D eigenvalue weighted by atomic mass is 32.2. The zero-order valence-electron chi connectivity index (χ0n) is 22.8. The predicted octanol–water partition coefficient (Wildman–Crippen LogP) is 4.91. The Labute approximate surface area is 230 Å². The molecule has 0 saturated carbocycles. The number of carbonyl (C=O) groups is 2. The monoisotopic (exact) mass is 553 g/mol. The summed E-state index contributed by atoms with van der Waals surface area (Å²) < 4.78 is 42.3. The topological polar surface area (TPSA) is 86.8 Å². The molecule has 1 atom stereocenters. The van der Waals surface area contributed by atoms with E-state index in [9.17, 15) is 22.4 Å². The molecule has 9 heteroatoms. The lowest BCUT2D eigenvalue weighted by Gasteiger charge is -2.33. The van der Waals surface area contributed by atoms with Crippen LogP contribution < -0.4 is 9.62 Å². The fourth-order valence-electron chi connectivity index (χ4n) is 4.10. The Hall–Kier alpha value is -3.72. The number of nitrogens with one attached hydrogen (secondary N) is 1. The van der Waals surface area contributed by atoms with Gasteiger partial charge in [-0.1, -0.05) is 68.8 Å². The van der Waals surface area contributed by atoms with Crippen LogP contribution in [0, 0.1) is 18.7 Å². The number of rotatable bonds is 12. The molecular weight excluding hydrogens is 517 g/mol. The minimum atomic E-state index is -4.20. The van der Waals surface area contributed by atoms with Gasteiger partial charge in [-0.05, 0) is 61.2 Å². The normalized spacial score (nSPS) is 12.2. The molecule has 3 rings (SSSR count). The number of amides is 2. The molecule has 1 N–H and O–H groups in total. The van der Waals surface area contributed by atoms with Crippen molar-refractivity contribution in [2.45, 2.75) is 51.6 Å². The summed E-state index contributed by atoms with van der Waals surface area (Å²) in [6.45, 7) is 7.61. The van der Waals surface area contributed by atoms with Crippen molar-refractivity contribution in [3.63, 3.8) is 0 Å². The summed E-state index contributed by atoms with van der Waals surface area (Å²) in [7, 11) is -4.20. The van der Waals surface area contributed by atoms with Gasteiger partial charge in [0, 0.05) is 13.1 Å². The molecule has 0 aliphatic heterocycles. The highest BCUT2D eigenvalue weighted by Crippen LogP contribution is 2.25. The second kappa shape index (κ2) is 13.4. The number of nitrogens with zero attached hydrogens (tertiary/aromatic N) is 2. The zero-order chi connectivity index (χ0) is 28.6. The van der Waals surface area contributed by atoms with Crippen LogP contribution in [0.2, 0.25) is 0 Å². The van der Waals surface area contributed by atoms with Crippen LogP contribution in [0.15, 0.2) is 83.8 Å². The summed E-state index contributed by atoms with van der Waals surface area (Å²) in [4.78, 5) is 28.5. The summed E-state index contributed by atoms with van der Waals surface area (Å²) in [5.74, 6) is -1.16. The van der Waals surface area contributed by atoms with Crippen LogP contribution in [-0.2, 0) is 26.2 Å². The number of aryl methyl sites for hydroxylation is 1. The van der Waals surface area contributed by atoms with E-state index in [0.717, 1.165) is 27.6 Å². The van der Waals surface area contributed by atoms with Gasteiger partial charge in [0.05, 0.1) is 10.6 Å². The number of benzene rings is 3. The van der Waals surface area contributed by atoms with Crippen LogP contribution >= 0.6 is 0 Å². The van der Waals surface area contributed by atoms with Crippen molar-refractivity contribution in [1.82, 2.24) is 10.2 Å². The van der Waals surface area contributed by atoms with Gasteiger partial charge in [-0.3, -0.25) is 13.9 Å². The van der Waals surface area contributed by atoms with Crippen molar-refractivity contribution in [3.8, 4) is 0 Å². The van der Waals surface area contributed by atoms with E-state index in [-0.39, 0.29) is 29.0 Å². The van der Waals surface area contributed by atoms with Gasteiger partial charge in [-0.15, -0.1) is 0 Å². The largest absolute Gasteiger partial charge is 0.354 e. The van der Waals surface area contributed by atoms with Gasteiger partial charge in [0.2, 0.25) is 11.8 Å². The minimum absolute atomic E-state index is 0.00144. The number of anilines is 1. The lowest BCUT2D eigenvalue weighted by Crippen LogP contribution is -2.52. The van der Waals surface area contributed by atoms with Crippen molar-refractivity contribution in [2.24, 2.45) is 5.92 Å². The summed E-state index contributed by atoms with van der Waals surface area (Å²) in [5, 5.41) is 2.90. The molecule has 208 valence electrons. The molecule has 0 fully saturated rings. The zero-order valence-corrected chi connectivity index (χ0v) is 23.6. The van der Waals surface area contributed by atoms with Crippen LogP contribution in [0.1, 0.15) is 38.3 Å². The van der Waals surface area contributed by atoms with Crippen LogP contribution in [0.3, 0.4) is 0 Å². The molecule has 0 aromatic heterocycles. The van der Waals surface area contributed by atoms with Gasteiger partial charge in [0.25, 0.3) is 10.0 Å². The average Bonchev–Trinajstić information content (AvgIpc) is 2.91. The Bertz CT molecular complexity index is 1350. The first kappa shape index (κ1) is 29.8. The SMILES string of the molecule is CC[C@H](C(=O)NCC(C)C)N(Cc1ccccc1)C(=O)CN(c1ccc(F)cc1)S(=O)(=O)c1ccc(C)cc1. The number of sulfonamides is 1. The van der Waals surface area contributed by atoms with Gasteiger partial charge in [0.1, 0.15) is 18.4 Å². The van der Waals surface area contributed by atoms with Crippen molar-refractivity contribution < 1.29 is 22.4 Å². The highest BCUT2D eigenvalue weighted by Gasteiger charge is 2.33. The van der Waals surface area contributed by atoms with Gasteiger partial charge in [-0.2, -0.15) is 0 Å². The van der Waals surface area contributed by atoms with Crippen molar-refractivity contribution in [2.75, 3.05) is 17.4 Å². The number of halogens is 1. The van der Waals surface area contributed by atoms with E-state index in [1.165, 1.54) is 29.2 Å². The van der Waals surface area contributed by atoms with Crippen LogP contribution in [0.4, 0.5) is 10.1 Å². The molecule has 0 heterocycles. The fourth-order valence-corrected chi connectivity index (χ4v) is 5.51. The summed E-state index contributed by atoms with van der Waals surface area (Å²) in [5.41, 5.74) is 1.82. The summed E-state index contributed by atoms with van der Waals surface area (Å²) in [6, 6.07) is 19.6. The molecule has 0 aliphatic rings. The molecule has 39 heavy (non-hydrogen) atoms. The molecule has 0 aliphatic carbocycles. The lowest BCUT2D eigenvalue weighted by atomic mass is 10.1. The lowest BCUT2D eigenvalue weighted by molar-refractivity contribution is -0.140. The Morgan fingerprint density at radius 3 is 2.10 bits per heavy atom. The summed E-state index contributed by atoms with van der Waals surface area (Å²) in [6.07, 6.45) is 0.337. The molecule has 7 nitrogen and oxygen atoms in total. The quantitative estimate of drug-likeness (QED) is 0.345. The molecule has 0 unspecified atom stereocenters. The predicted molar refractivity (Wildman–Crippen MR) is 151 cm³/mol. The third kappa shape index (κ3) is 7.89.